The molecule has 4 N–H and O–H groups in total. The highest BCUT2D eigenvalue weighted by atomic mass is 16.5. The van der Waals surface area contributed by atoms with Crippen molar-refractivity contribution < 1.29 is 14.3 Å². The van der Waals surface area contributed by atoms with Gasteiger partial charge in [0.1, 0.15) is 11.8 Å². The average molecular weight is 367 g/mol. The Hall–Kier alpha value is -3.02. The van der Waals surface area contributed by atoms with Gasteiger partial charge < -0.3 is 21.1 Å². The molecule has 27 heavy (non-hydrogen) atoms. The second-order valence-corrected chi connectivity index (χ2v) is 6.85. The number of benzene rings is 2. The lowest BCUT2D eigenvalue weighted by Gasteiger charge is -2.17. The Morgan fingerprint density at radius 1 is 1.00 bits per heavy atom. The van der Waals surface area contributed by atoms with Crippen LogP contribution in [0.1, 0.15) is 43.0 Å². The fourth-order valence-corrected chi connectivity index (χ4v) is 3.11. The summed E-state index contributed by atoms with van der Waals surface area (Å²) in [6.07, 6.45) is 5.05. The molecule has 0 aromatic heterocycles. The molecular weight excluding hydrogens is 342 g/mol. The quantitative estimate of drug-likeness (QED) is 0.698. The molecule has 3 rings (SSSR count). The topological polar surface area (TPSA) is 93.4 Å². The summed E-state index contributed by atoms with van der Waals surface area (Å²) in [7, 11) is 0. The van der Waals surface area contributed by atoms with Crippen LogP contribution in [0.4, 0.5) is 11.4 Å². The highest BCUT2D eigenvalue weighted by Crippen LogP contribution is 2.25. The molecule has 0 radical (unpaired) electrons. The van der Waals surface area contributed by atoms with Crippen LogP contribution in [0, 0.1) is 0 Å². The highest BCUT2D eigenvalue weighted by molar-refractivity contribution is 5.97. The number of hydrogen-bond acceptors (Lipinski definition) is 4. The summed E-state index contributed by atoms with van der Waals surface area (Å²) < 4.78 is 5.95. The predicted octanol–water partition coefficient (Wildman–Crippen LogP) is 3.55. The summed E-state index contributed by atoms with van der Waals surface area (Å²) in [5.41, 5.74) is 7.07. The van der Waals surface area contributed by atoms with Gasteiger partial charge in [-0.25, -0.2) is 0 Å². The van der Waals surface area contributed by atoms with E-state index >= 15 is 0 Å². The third-order valence-electron chi connectivity index (χ3n) is 4.67. The molecule has 2 amide bonds. The molecule has 2 aromatic rings. The molecule has 0 saturated heterocycles. The predicted molar refractivity (Wildman–Crippen MR) is 106 cm³/mol. The minimum absolute atomic E-state index is 0.173. The molecule has 0 bridgehead atoms. The summed E-state index contributed by atoms with van der Waals surface area (Å²) in [6, 6.07) is 13.7. The van der Waals surface area contributed by atoms with E-state index in [2.05, 4.69) is 10.6 Å². The number of rotatable bonds is 7. The van der Waals surface area contributed by atoms with Gasteiger partial charge in [-0.15, -0.1) is 0 Å². The van der Waals surface area contributed by atoms with E-state index in [1.165, 1.54) is 12.8 Å². The Labute approximate surface area is 159 Å². The van der Waals surface area contributed by atoms with Gasteiger partial charge in [-0.3, -0.25) is 9.59 Å². The number of amides is 2. The number of primary amides is 1. The van der Waals surface area contributed by atoms with Crippen LogP contribution in [0.25, 0.3) is 0 Å². The molecule has 6 heteroatoms. The van der Waals surface area contributed by atoms with E-state index in [9.17, 15) is 9.59 Å². The third kappa shape index (κ3) is 5.23. The summed E-state index contributed by atoms with van der Waals surface area (Å²) in [6.45, 7) is 1.79. The maximum atomic E-state index is 12.3. The van der Waals surface area contributed by atoms with Gasteiger partial charge in [-0.1, -0.05) is 0 Å². The van der Waals surface area contributed by atoms with Crippen molar-refractivity contribution in [1.82, 2.24) is 0 Å². The number of hydrogen-bond donors (Lipinski definition) is 3. The molecule has 0 heterocycles. The average Bonchev–Trinajstić information content (AvgIpc) is 3.16. The molecule has 1 fully saturated rings. The Morgan fingerprint density at radius 2 is 1.59 bits per heavy atom. The lowest BCUT2D eigenvalue weighted by atomic mass is 10.2. The van der Waals surface area contributed by atoms with E-state index < -0.39 is 11.9 Å². The first-order valence-electron chi connectivity index (χ1n) is 9.25. The van der Waals surface area contributed by atoms with Gasteiger partial charge in [0, 0.05) is 16.9 Å². The van der Waals surface area contributed by atoms with Crippen LogP contribution in [-0.4, -0.2) is 24.0 Å². The number of ether oxygens (including phenoxy) is 1. The van der Waals surface area contributed by atoms with Crippen molar-refractivity contribution in [3.63, 3.8) is 0 Å². The smallest absolute Gasteiger partial charge is 0.248 e. The Morgan fingerprint density at radius 3 is 2.19 bits per heavy atom. The molecule has 1 aliphatic rings. The molecule has 1 unspecified atom stereocenters. The second-order valence-electron chi connectivity index (χ2n) is 6.85. The molecule has 1 saturated carbocycles. The molecule has 0 aliphatic heterocycles. The molecule has 142 valence electrons. The fourth-order valence-electron chi connectivity index (χ4n) is 3.11. The molecular formula is C21H25N3O3. The van der Waals surface area contributed by atoms with Crippen LogP contribution in [-0.2, 0) is 4.79 Å². The van der Waals surface area contributed by atoms with Crippen LogP contribution in [0.15, 0.2) is 48.5 Å². The number of carbonyl (C=O) groups excluding carboxylic acids is 2. The Balaban J connectivity index is 1.51. The lowest BCUT2D eigenvalue weighted by molar-refractivity contribution is -0.116. The highest BCUT2D eigenvalue weighted by Gasteiger charge is 2.17. The van der Waals surface area contributed by atoms with Gasteiger partial charge in [-0.2, -0.15) is 0 Å². The normalized spacial score (nSPS) is 15.1. The van der Waals surface area contributed by atoms with Gasteiger partial charge in [0.25, 0.3) is 0 Å². The van der Waals surface area contributed by atoms with E-state index in [1.54, 1.807) is 31.2 Å². The number of nitrogens with two attached hydrogens (primary N) is 1. The molecule has 0 spiro atoms. The van der Waals surface area contributed by atoms with Gasteiger partial charge in [0.05, 0.1) is 6.10 Å². The molecule has 1 aliphatic carbocycles. The maximum absolute atomic E-state index is 12.3. The van der Waals surface area contributed by atoms with Crippen molar-refractivity contribution >= 4 is 23.2 Å². The van der Waals surface area contributed by atoms with E-state index in [0.29, 0.717) is 17.4 Å². The Bertz CT molecular complexity index is 781. The molecule has 2 aromatic carbocycles. The van der Waals surface area contributed by atoms with Crippen LogP contribution in [0.3, 0.4) is 0 Å². The van der Waals surface area contributed by atoms with Crippen molar-refractivity contribution in [3.05, 3.63) is 54.1 Å². The van der Waals surface area contributed by atoms with Crippen molar-refractivity contribution in [3.8, 4) is 5.75 Å². The summed E-state index contributed by atoms with van der Waals surface area (Å²) in [5, 5.41) is 5.98. The first-order valence-corrected chi connectivity index (χ1v) is 9.25. The van der Waals surface area contributed by atoms with Crippen molar-refractivity contribution in [2.75, 3.05) is 10.6 Å². The van der Waals surface area contributed by atoms with Crippen molar-refractivity contribution in [2.45, 2.75) is 44.8 Å². The summed E-state index contributed by atoms with van der Waals surface area (Å²) in [5.74, 6) is 0.190. The van der Waals surface area contributed by atoms with E-state index in [1.807, 2.05) is 24.3 Å². The summed E-state index contributed by atoms with van der Waals surface area (Å²) in [4.78, 5) is 23.4. The number of carbonyl (C=O) groups is 2. The number of nitrogens with one attached hydrogen (secondary N) is 2. The van der Waals surface area contributed by atoms with Gasteiger partial charge >= 0.3 is 0 Å². The number of anilines is 2. The first-order chi connectivity index (χ1) is 13.0. The van der Waals surface area contributed by atoms with E-state index in [4.69, 9.17) is 10.5 Å². The van der Waals surface area contributed by atoms with Crippen LogP contribution in [0.2, 0.25) is 0 Å². The zero-order valence-corrected chi connectivity index (χ0v) is 15.4. The third-order valence-corrected chi connectivity index (χ3v) is 4.67. The zero-order valence-electron chi connectivity index (χ0n) is 15.4. The first kappa shape index (κ1) is 18.8. The van der Waals surface area contributed by atoms with Crippen LogP contribution in [0.5, 0.6) is 5.75 Å². The van der Waals surface area contributed by atoms with E-state index in [0.717, 1.165) is 24.3 Å². The molecule has 6 nitrogen and oxygen atoms in total. The van der Waals surface area contributed by atoms with Gasteiger partial charge in [0.2, 0.25) is 11.8 Å². The summed E-state index contributed by atoms with van der Waals surface area (Å²) >= 11 is 0. The Kier molecular flexibility index (Phi) is 5.96. The fraction of sp³-hybridized carbons (Fsp3) is 0.333. The van der Waals surface area contributed by atoms with Crippen molar-refractivity contribution in [2.24, 2.45) is 5.73 Å². The largest absolute Gasteiger partial charge is 0.490 e. The lowest BCUT2D eigenvalue weighted by Crippen LogP contribution is -2.31. The zero-order chi connectivity index (χ0) is 19.2. The monoisotopic (exact) mass is 367 g/mol. The van der Waals surface area contributed by atoms with Gasteiger partial charge in [0.15, 0.2) is 0 Å². The molecule has 1 atom stereocenters. The van der Waals surface area contributed by atoms with Crippen molar-refractivity contribution in [1.29, 1.82) is 0 Å². The standard InChI is InChI=1S/C21H25N3O3/c1-14(21(26)24-17-8-6-15(7-9-17)20(22)25)23-16-10-12-19(13-11-16)27-18-4-2-3-5-18/h6-14,18,23H,2-5H2,1H3,(H2,22,25)(H,24,26). The van der Waals surface area contributed by atoms with Crippen LogP contribution < -0.4 is 21.1 Å². The maximum Gasteiger partial charge on any atom is 0.248 e. The SMILES string of the molecule is CC(Nc1ccc(OC2CCCC2)cc1)C(=O)Nc1ccc(C(N)=O)cc1. The minimum Gasteiger partial charge on any atom is -0.490 e. The van der Waals surface area contributed by atoms with Gasteiger partial charge in [-0.05, 0) is 81.1 Å². The van der Waals surface area contributed by atoms with Crippen LogP contribution >= 0.6 is 0 Å². The second kappa shape index (κ2) is 8.58. The minimum atomic E-state index is -0.497. The van der Waals surface area contributed by atoms with E-state index in [-0.39, 0.29) is 5.91 Å².